The largest absolute Gasteiger partial charge is 0.394 e. The molecule has 3 amide bonds. The lowest BCUT2D eigenvalue weighted by Gasteiger charge is -2.40. The normalized spacial score (nSPS) is 29.5. The smallest absolute Gasteiger partial charge is 0.253 e. The third kappa shape index (κ3) is 5.36. The summed E-state index contributed by atoms with van der Waals surface area (Å²) < 4.78 is 6.93. The highest BCUT2D eigenvalue weighted by Gasteiger charge is 2.80. The highest BCUT2D eigenvalue weighted by molar-refractivity contribution is 6.05. The number of carbonyl (C=O) groups excluding carboxylic acids is 3. The van der Waals surface area contributed by atoms with Crippen molar-refractivity contribution in [3.8, 4) is 0 Å². The summed E-state index contributed by atoms with van der Waals surface area (Å²) in [6.45, 7) is 21.9. The second-order valence-electron chi connectivity index (χ2n) is 13.3. The van der Waals surface area contributed by atoms with E-state index in [1.807, 2.05) is 52.0 Å². The predicted octanol–water partition coefficient (Wildman–Crippen LogP) is 4.11. The molecule has 0 aromatic heterocycles. The van der Waals surface area contributed by atoms with Gasteiger partial charge in [-0.1, -0.05) is 32.9 Å². The number of likely N-dealkylation sites (N-methyl/N-ethyl adjacent to an activating group) is 1. The molecule has 0 saturated carbocycles. The summed E-state index contributed by atoms with van der Waals surface area (Å²) in [5.41, 5.74) is -0.378. The van der Waals surface area contributed by atoms with E-state index in [1.54, 1.807) is 33.9 Å². The molecule has 242 valence electrons. The quantitative estimate of drug-likeness (QED) is 0.320. The fourth-order valence-electron chi connectivity index (χ4n) is 8.10. The van der Waals surface area contributed by atoms with Crippen molar-refractivity contribution in [2.45, 2.75) is 77.7 Å². The molecule has 3 fully saturated rings. The molecule has 44 heavy (non-hydrogen) atoms. The van der Waals surface area contributed by atoms with Gasteiger partial charge in [-0.05, 0) is 69.7 Å². The van der Waals surface area contributed by atoms with Crippen molar-refractivity contribution in [2.24, 2.45) is 23.7 Å². The van der Waals surface area contributed by atoms with Gasteiger partial charge in [0.25, 0.3) is 5.91 Å². The lowest BCUT2D eigenvalue weighted by atomic mass is 9.62. The number of amides is 3. The van der Waals surface area contributed by atoms with Crippen molar-refractivity contribution >= 4 is 29.1 Å². The topological polar surface area (TPSA) is 93.6 Å². The number of carbonyl (C=O) groups is 3. The number of aliphatic hydroxyl groups excluding tert-OH is 1. The predicted molar refractivity (Wildman–Crippen MR) is 174 cm³/mol. The number of rotatable bonds is 14. The van der Waals surface area contributed by atoms with Gasteiger partial charge in [-0.25, -0.2) is 0 Å². The minimum absolute atomic E-state index is 0.0771. The van der Waals surface area contributed by atoms with Crippen molar-refractivity contribution < 1.29 is 24.2 Å². The van der Waals surface area contributed by atoms with E-state index in [2.05, 4.69) is 31.9 Å². The minimum Gasteiger partial charge on any atom is -0.394 e. The van der Waals surface area contributed by atoms with Crippen LogP contribution in [0.25, 0.3) is 0 Å². The Morgan fingerprint density at radius 2 is 1.68 bits per heavy atom. The van der Waals surface area contributed by atoms with Gasteiger partial charge in [0.1, 0.15) is 11.6 Å². The van der Waals surface area contributed by atoms with Crippen molar-refractivity contribution in [3.05, 3.63) is 49.6 Å². The zero-order chi connectivity index (χ0) is 32.6. The lowest BCUT2D eigenvalue weighted by molar-refractivity contribution is -0.153. The maximum Gasteiger partial charge on any atom is 0.253 e. The number of hydrogen-bond donors (Lipinski definition) is 1. The highest BCUT2D eigenvalue weighted by Crippen LogP contribution is 2.66. The molecule has 1 N–H and O–H groups in total. The number of ether oxygens (including phenoxy) is 1. The number of hydrogen-bond acceptors (Lipinski definition) is 6. The molecule has 1 aromatic rings. The molecule has 0 aliphatic carbocycles. The van der Waals surface area contributed by atoms with E-state index in [-0.39, 0.29) is 42.7 Å². The second kappa shape index (κ2) is 13.1. The molecule has 2 bridgehead atoms. The van der Waals surface area contributed by atoms with Crippen LogP contribution in [-0.2, 0) is 19.1 Å². The zero-order valence-corrected chi connectivity index (χ0v) is 27.7. The van der Waals surface area contributed by atoms with Gasteiger partial charge in [-0.2, -0.15) is 0 Å². The summed E-state index contributed by atoms with van der Waals surface area (Å²) in [6, 6.07) is 6.26. The van der Waals surface area contributed by atoms with Crippen LogP contribution in [0.4, 0.5) is 11.4 Å². The van der Waals surface area contributed by atoms with Crippen LogP contribution in [0, 0.1) is 23.7 Å². The van der Waals surface area contributed by atoms with Crippen LogP contribution >= 0.6 is 0 Å². The van der Waals surface area contributed by atoms with Gasteiger partial charge < -0.3 is 29.4 Å². The molecular weight excluding hydrogens is 556 g/mol. The number of aliphatic hydroxyl groups is 1. The van der Waals surface area contributed by atoms with Gasteiger partial charge in [-0.15, -0.1) is 13.2 Å². The number of likely N-dealkylation sites (tertiary alicyclic amines) is 1. The maximum absolute atomic E-state index is 15.0. The molecule has 3 unspecified atom stereocenters. The highest BCUT2D eigenvalue weighted by atomic mass is 16.5. The first-order chi connectivity index (χ1) is 20.9. The van der Waals surface area contributed by atoms with E-state index >= 15 is 0 Å². The first-order valence-corrected chi connectivity index (χ1v) is 16.1. The molecule has 7 atom stereocenters. The molecule has 9 nitrogen and oxygen atoms in total. The van der Waals surface area contributed by atoms with Crippen molar-refractivity contribution in [1.29, 1.82) is 0 Å². The van der Waals surface area contributed by atoms with E-state index < -0.39 is 35.1 Å². The molecular formula is C35H52N4O5. The van der Waals surface area contributed by atoms with Gasteiger partial charge >= 0.3 is 0 Å². The molecule has 0 radical (unpaired) electrons. The van der Waals surface area contributed by atoms with Crippen molar-refractivity contribution in [3.63, 3.8) is 0 Å². The number of anilines is 2. The van der Waals surface area contributed by atoms with E-state index in [0.29, 0.717) is 25.1 Å². The SMILES string of the molecule is C=CCN(C)C(=O)[C@@H]1[C@H]2C(=O)N([C@@H](CO)CC(C)C)C(C(=O)N(CC=C)c3ccc(N(CC)CC)cc3)C23CC(C)[C@@]1(C)O3. The summed E-state index contributed by atoms with van der Waals surface area (Å²) >= 11 is 0. The fourth-order valence-corrected chi connectivity index (χ4v) is 8.10. The Bertz CT molecular complexity index is 1250. The van der Waals surface area contributed by atoms with Gasteiger partial charge in [0, 0.05) is 44.6 Å². The van der Waals surface area contributed by atoms with Gasteiger partial charge in [-0.3, -0.25) is 14.4 Å². The summed E-state index contributed by atoms with van der Waals surface area (Å²) in [5.74, 6) is -2.28. The van der Waals surface area contributed by atoms with Crippen LogP contribution in [-0.4, -0.2) is 95.7 Å². The van der Waals surface area contributed by atoms with E-state index in [1.165, 1.54) is 0 Å². The van der Waals surface area contributed by atoms with Crippen molar-refractivity contribution in [1.82, 2.24) is 9.80 Å². The summed E-state index contributed by atoms with van der Waals surface area (Å²) in [4.78, 5) is 50.7. The Morgan fingerprint density at radius 1 is 1.09 bits per heavy atom. The maximum atomic E-state index is 15.0. The Morgan fingerprint density at radius 3 is 2.20 bits per heavy atom. The minimum atomic E-state index is -1.21. The molecule has 9 heteroatoms. The van der Waals surface area contributed by atoms with Crippen LogP contribution in [0.3, 0.4) is 0 Å². The van der Waals surface area contributed by atoms with Crippen LogP contribution < -0.4 is 9.80 Å². The fraction of sp³-hybridized carbons (Fsp3) is 0.629. The number of nitrogens with zero attached hydrogens (tertiary/aromatic N) is 4. The molecule has 1 aromatic carbocycles. The number of benzene rings is 1. The zero-order valence-electron chi connectivity index (χ0n) is 27.7. The second-order valence-corrected chi connectivity index (χ2v) is 13.3. The molecule has 4 rings (SSSR count). The van der Waals surface area contributed by atoms with Gasteiger partial charge in [0.2, 0.25) is 11.8 Å². The molecule has 3 aliphatic heterocycles. The van der Waals surface area contributed by atoms with E-state index in [0.717, 1.165) is 18.8 Å². The Kier molecular flexibility index (Phi) is 10.0. The third-order valence-electron chi connectivity index (χ3n) is 10.2. The van der Waals surface area contributed by atoms with Crippen molar-refractivity contribution in [2.75, 3.05) is 49.6 Å². The summed E-state index contributed by atoms with van der Waals surface area (Å²) in [7, 11) is 1.71. The van der Waals surface area contributed by atoms with Gasteiger partial charge in [0.05, 0.1) is 30.1 Å². The standard InChI is InChI=1S/C35H52N4O5/c1-10-18-36(9)31(41)28-29-32(42)39(27(22-40)20-23(5)6)30(35(29)21-24(7)34(28,8)44-35)33(43)38(19-11-2)26-16-14-25(15-17-26)37(12-3)13-4/h10-11,14-17,23-24,27-30,40H,1-2,12-13,18-22H2,3-9H3/t24?,27-,28+,29+,30?,34-,35?/m1/s1. The number of fused-ring (bicyclic) bond motifs is 1. The monoisotopic (exact) mass is 608 g/mol. The van der Waals surface area contributed by atoms with Crippen LogP contribution in [0.2, 0.25) is 0 Å². The van der Waals surface area contributed by atoms with Gasteiger partial charge in [0.15, 0.2) is 0 Å². The molecule has 1 spiro atoms. The first-order valence-electron chi connectivity index (χ1n) is 16.1. The molecule has 3 saturated heterocycles. The van der Waals surface area contributed by atoms with Crippen LogP contribution in [0.1, 0.15) is 54.4 Å². The summed E-state index contributed by atoms with van der Waals surface area (Å²) in [5, 5.41) is 10.6. The Balaban J connectivity index is 1.85. The summed E-state index contributed by atoms with van der Waals surface area (Å²) in [6.07, 6.45) is 4.31. The third-order valence-corrected chi connectivity index (χ3v) is 10.2. The van der Waals surface area contributed by atoms with Crippen LogP contribution in [0.5, 0.6) is 0 Å². The average Bonchev–Trinajstić information content (AvgIpc) is 3.51. The molecule has 3 heterocycles. The Hall–Kier alpha value is -3.17. The lowest BCUT2D eigenvalue weighted by Crippen LogP contribution is -2.59. The molecule has 3 aliphatic rings. The van der Waals surface area contributed by atoms with E-state index in [4.69, 9.17) is 4.74 Å². The Labute approximate surface area is 263 Å². The van der Waals surface area contributed by atoms with E-state index in [9.17, 15) is 19.5 Å². The van der Waals surface area contributed by atoms with Crippen LogP contribution in [0.15, 0.2) is 49.6 Å². The average molecular weight is 609 g/mol. The first kappa shape index (κ1) is 33.7.